The van der Waals surface area contributed by atoms with Crippen LogP contribution in [0, 0.1) is 13.8 Å². The Morgan fingerprint density at radius 1 is 1.00 bits per heavy atom. The molecule has 3 aromatic rings. The zero-order valence-corrected chi connectivity index (χ0v) is 18.6. The zero-order chi connectivity index (χ0) is 21.8. The van der Waals surface area contributed by atoms with Crippen LogP contribution in [0.1, 0.15) is 41.5 Å². The van der Waals surface area contributed by atoms with Gasteiger partial charge < -0.3 is 5.32 Å². The minimum absolute atomic E-state index is 0.0991. The number of hydrogen-bond acceptors (Lipinski definition) is 6. The van der Waals surface area contributed by atoms with Crippen LogP contribution in [0.4, 0.5) is 11.8 Å². The monoisotopic (exact) mass is 437 g/mol. The van der Waals surface area contributed by atoms with Gasteiger partial charge in [-0.15, -0.1) is 0 Å². The Bertz CT molecular complexity index is 1130. The maximum Gasteiger partial charge on any atom is 0.228 e. The van der Waals surface area contributed by atoms with Gasteiger partial charge in [-0.1, -0.05) is 36.4 Å². The van der Waals surface area contributed by atoms with Crippen molar-refractivity contribution >= 4 is 21.8 Å². The predicted molar refractivity (Wildman–Crippen MR) is 122 cm³/mol. The van der Waals surface area contributed by atoms with Gasteiger partial charge in [0.25, 0.3) is 0 Å². The summed E-state index contributed by atoms with van der Waals surface area (Å²) in [6.07, 6.45) is 2.10. The van der Waals surface area contributed by atoms with Crippen molar-refractivity contribution in [2.75, 3.05) is 17.6 Å². The van der Waals surface area contributed by atoms with Crippen LogP contribution in [0.15, 0.2) is 54.6 Å². The molecule has 1 aliphatic heterocycles. The van der Waals surface area contributed by atoms with Crippen LogP contribution in [0.2, 0.25) is 0 Å². The van der Waals surface area contributed by atoms with Crippen molar-refractivity contribution in [3.63, 3.8) is 0 Å². The SMILES string of the molecule is Cc1cc(C)nc(Nc2cccc([C@@H]3CCCN3S(=O)(=O)CCc3ccccc3)n2)n1. The maximum atomic E-state index is 13.1. The summed E-state index contributed by atoms with van der Waals surface area (Å²) >= 11 is 0. The number of nitrogens with one attached hydrogen (secondary N) is 1. The van der Waals surface area contributed by atoms with Crippen LogP contribution in [0.25, 0.3) is 0 Å². The van der Waals surface area contributed by atoms with Crippen molar-refractivity contribution in [3.05, 3.63) is 77.2 Å². The van der Waals surface area contributed by atoms with Gasteiger partial charge in [-0.2, -0.15) is 4.31 Å². The first-order valence-corrected chi connectivity index (χ1v) is 12.1. The maximum absolute atomic E-state index is 13.1. The molecule has 0 aliphatic carbocycles. The fraction of sp³-hybridized carbons (Fsp3) is 0.348. The number of anilines is 2. The van der Waals surface area contributed by atoms with E-state index in [4.69, 9.17) is 4.98 Å². The molecule has 0 radical (unpaired) electrons. The number of benzene rings is 1. The Morgan fingerprint density at radius 3 is 2.48 bits per heavy atom. The highest BCUT2D eigenvalue weighted by Gasteiger charge is 2.35. The van der Waals surface area contributed by atoms with E-state index in [2.05, 4.69) is 15.3 Å². The number of sulfonamides is 1. The van der Waals surface area contributed by atoms with E-state index in [0.717, 1.165) is 35.5 Å². The highest BCUT2D eigenvalue weighted by Crippen LogP contribution is 2.34. The van der Waals surface area contributed by atoms with Crippen LogP contribution in [0.5, 0.6) is 0 Å². The largest absolute Gasteiger partial charge is 0.309 e. The number of rotatable bonds is 7. The molecule has 162 valence electrons. The smallest absolute Gasteiger partial charge is 0.228 e. The summed E-state index contributed by atoms with van der Waals surface area (Å²) in [5, 5.41) is 3.15. The quantitative estimate of drug-likeness (QED) is 0.602. The Balaban J connectivity index is 1.51. The predicted octanol–water partition coefficient (Wildman–Crippen LogP) is 3.94. The Labute approximate surface area is 183 Å². The molecular formula is C23H27N5O2S. The van der Waals surface area contributed by atoms with Crippen LogP contribution < -0.4 is 5.32 Å². The highest BCUT2D eigenvalue weighted by atomic mass is 32.2. The highest BCUT2D eigenvalue weighted by molar-refractivity contribution is 7.89. The third-order valence-electron chi connectivity index (χ3n) is 5.39. The summed E-state index contributed by atoms with van der Waals surface area (Å²) < 4.78 is 27.8. The van der Waals surface area contributed by atoms with Crippen molar-refractivity contribution in [2.45, 2.75) is 39.2 Å². The number of hydrogen-bond donors (Lipinski definition) is 1. The van der Waals surface area contributed by atoms with E-state index in [1.165, 1.54) is 0 Å². The van der Waals surface area contributed by atoms with Crippen LogP contribution in [-0.4, -0.2) is 40.0 Å². The second-order valence-corrected chi connectivity index (χ2v) is 9.91. The van der Waals surface area contributed by atoms with E-state index < -0.39 is 10.0 Å². The minimum Gasteiger partial charge on any atom is -0.309 e. The summed E-state index contributed by atoms with van der Waals surface area (Å²) in [7, 11) is -3.39. The number of nitrogens with zero attached hydrogens (tertiary/aromatic N) is 4. The molecule has 7 nitrogen and oxygen atoms in total. The van der Waals surface area contributed by atoms with E-state index in [9.17, 15) is 8.42 Å². The van der Waals surface area contributed by atoms with Crippen molar-refractivity contribution in [3.8, 4) is 0 Å². The number of aryl methyl sites for hydroxylation is 3. The Kier molecular flexibility index (Phi) is 6.29. The van der Waals surface area contributed by atoms with Gasteiger partial charge in [0.2, 0.25) is 16.0 Å². The second kappa shape index (κ2) is 9.11. The summed E-state index contributed by atoms with van der Waals surface area (Å²) in [6, 6.07) is 17.0. The molecule has 0 spiro atoms. The molecule has 1 atom stereocenters. The molecule has 1 N–H and O–H groups in total. The molecule has 1 fully saturated rings. The molecule has 8 heteroatoms. The first-order chi connectivity index (χ1) is 14.9. The lowest BCUT2D eigenvalue weighted by atomic mass is 10.1. The van der Waals surface area contributed by atoms with Crippen LogP contribution >= 0.6 is 0 Å². The number of aromatic nitrogens is 3. The average Bonchev–Trinajstić information content (AvgIpc) is 3.24. The van der Waals surface area contributed by atoms with Gasteiger partial charge in [-0.3, -0.25) is 0 Å². The summed E-state index contributed by atoms with van der Waals surface area (Å²) in [5.41, 5.74) is 3.52. The summed E-state index contributed by atoms with van der Waals surface area (Å²) in [4.78, 5) is 13.5. The second-order valence-electron chi connectivity index (χ2n) is 7.87. The third-order valence-corrected chi connectivity index (χ3v) is 7.26. The Hall–Kier alpha value is -2.84. The Morgan fingerprint density at radius 2 is 1.74 bits per heavy atom. The van der Waals surface area contributed by atoms with Crippen molar-refractivity contribution in [1.82, 2.24) is 19.3 Å². The fourth-order valence-electron chi connectivity index (χ4n) is 3.98. The van der Waals surface area contributed by atoms with E-state index in [0.29, 0.717) is 24.7 Å². The molecule has 1 aromatic carbocycles. The molecular weight excluding hydrogens is 410 g/mol. The zero-order valence-electron chi connectivity index (χ0n) is 17.8. The molecule has 3 heterocycles. The van der Waals surface area contributed by atoms with Crippen molar-refractivity contribution in [1.29, 1.82) is 0 Å². The molecule has 4 rings (SSSR count). The van der Waals surface area contributed by atoms with E-state index in [1.54, 1.807) is 4.31 Å². The van der Waals surface area contributed by atoms with Gasteiger partial charge in [0, 0.05) is 17.9 Å². The molecule has 0 unspecified atom stereocenters. The van der Waals surface area contributed by atoms with Crippen LogP contribution in [-0.2, 0) is 16.4 Å². The molecule has 2 aromatic heterocycles. The van der Waals surface area contributed by atoms with Gasteiger partial charge >= 0.3 is 0 Å². The van der Waals surface area contributed by atoms with Gasteiger partial charge in [0.15, 0.2) is 0 Å². The number of pyridine rings is 1. The lowest BCUT2D eigenvalue weighted by Gasteiger charge is -2.24. The van der Waals surface area contributed by atoms with Gasteiger partial charge in [-0.25, -0.2) is 23.4 Å². The van der Waals surface area contributed by atoms with Gasteiger partial charge in [0.1, 0.15) is 5.82 Å². The molecule has 0 saturated carbocycles. The average molecular weight is 438 g/mol. The van der Waals surface area contributed by atoms with E-state index >= 15 is 0 Å². The topological polar surface area (TPSA) is 88.1 Å². The van der Waals surface area contributed by atoms with Gasteiger partial charge in [0.05, 0.1) is 17.5 Å². The standard InChI is InChI=1S/C23H27N5O2S/c1-17-16-18(2)25-23(24-17)27-22-12-6-10-20(26-22)21-11-7-14-28(21)31(29,30)15-13-19-8-4-3-5-9-19/h3-6,8-10,12,16,21H,7,11,13-15H2,1-2H3,(H,24,25,26,27)/t21-/m0/s1. The first-order valence-electron chi connectivity index (χ1n) is 10.5. The van der Waals surface area contributed by atoms with Crippen LogP contribution in [0.3, 0.4) is 0 Å². The van der Waals surface area contributed by atoms with E-state index in [1.807, 2.05) is 68.4 Å². The normalized spacial score (nSPS) is 17.0. The lowest BCUT2D eigenvalue weighted by molar-refractivity contribution is 0.390. The molecule has 0 amide bonds. The molecule has 0 bridgehead atoms. The molecule has 31 heavy (non-hydrogen) atoms. The molecule has 1 saturated heterocycles. The third kappa shape index (κ3) is 5.26. The van der Waals surface area contributed by atoms with Crippen molar-refractivity contribution < 1.29 is 8.42 Å². The van der Waals surface area contributed by atoms with E-state index in [-0.39, 0.29) is 11.8 Å². The lowest BCUT2D eigenvalue weighted by Crippen LogP contribution is -2.33. The van der Waals surface area contributed by atoms with Gasteiger partial charge in [-0.05, 0) is 56.9 Å². The summed E-state index contributed by atoms with van der Waals surface area (Å²) in [5.74, 6) is 1.19. The minimum atomic E-state index is -3.39. The summed E-state index contributed by atoms with van der Waals surface area (Å²) in [6.45, 7) is 4.36. The van der Waals surface area contributed by atoms with Crippen molar-refractivity contribution in [2.24, 2.45) is 0 Å². The fourth-order valence-corrected chi connectivity index (χ4v) is 5.72. The molecule has 1 aliphatic rings. The first kappa shape index (κ1) is 21.4.